The number of rotatable bonds is 0. The van der Waals surface area contributed by atoms with Crippen molar-refractivity contribution in [3.05, 3.63) is 63.7 Å². The van der Waals surface area contributed by atoms with Crippen LogP contribution in [0.4, 0.5) is 0 Å². The predicted octanol–water partition coefficient (Wildman–Crippen LogP) is 11.4. The van der Waals surface area contributed by atoms with Gasteiger partial charge in [0.25, 0.3) is 0 Å². The van der Waals surface area contributed by atoms with Crippen LogP contribution in [-0.4, -0.2) is 14.4 Å². The van der Waals surface area contributed by atoms with Gasteiger partial charge in [-0.05, 0) is 71.8 Å². The molecule has 5 heterocycles. The number of aromatic nitrogens is 3. The molecule has 4 nitrogen and oxygen atoms in total. The van der Waals surface area contributed by atoms with Crippen molar-refractivity contribution in [2.24, 2.45) is 0 Å². The molecule has 0 spiro atoms. The van der Waals surface area contributed by atoms with Crippen LogP contribution in [0.15, 0.2) is 28.7 Å². The highest BCUT2D eigenvalue weighted by molar-refractivity contribution is 6.36. The second kappa shape index (κ2) is 7.89. The summed E-state index contributed by atoms with van der Waals surface area (Å²) in [6.07, 6.45) is 2.16. The number of furan rings is 1. The Morgan fingerprint density at radius 2 is 1.15 bits per heavy atom. The molecule has 9 rings (SSSR count). The molecule has 46 heavy (non-hydrogen) atoms. The summed E-state index contributed by atoms with van der Waals surface area (Å²) in [7, 11) is 0. The lowest BCUT2D eigenvalue weighted by Crippen LogP contribution is -2.18. The summed E-state index contributed by atoms with van der Waals surface area (Å²) in [6, 6.07) is 9.27. The van der Waals surface area contributed by atoms with Crippen LogP contribution < -0.4 is 0 Å². The summed E-state index contributed by atoms with van der Waals surface area (Å²) in [4.78, 5) is 10.9. The average molecular weight is 610 g/mol. The van der Waals surface area contributed by atoms with Crippen molar-refractivity contribution < 1.29 is 4.42 Å². The summed E-state index contributed by atoms with van der Waals surface area (Å²) >= 11 is 0. The van der Waals surface area contributed by atoms with Crippen molar-refractivity contribution in [1.29, 1.82) is 0 Å². The number of pyridine rings is 2. The first-order valence-corrected chi connectivity index (χ1v) is 17.2. The lowest BCUT2D eigenvalue weighted by Gasteiger charge is -2.22. The van der Waals surface area contributed by atoms with E-state index in [1.165, 1.54) is 76.9 Å². The normalized spacial score (nSPS) is 19.9. The minimum absolute atomic E-state index is 0.000770. The van der Waals surface area contributed by atoms with Gasteiger partial charge in [0.1, 0.15) is 11.2 Å². The number of benzene rings is 2. The maximum absolute atomic E-state index is 6.94. The summed E-state index contributed by atoms with van der Waals surface area (Å²) in [5, 5.41) is 7.78. The highest BCUT2D eigenvalue weighted by atomic mass is 16.3. The largest absolute Gasteiger partial charge is 0.456 e. The fourth-order valence-corrected chi connectivity index (χ4v) is 10.7. The van der Waals surface area contributed by atoms with Gasteiger partial charge in [-0.25, -0.2) is 0 Å². The minimum Gasteiger partial charge on any atom is -0.456 e. The molecule has 0 atom stereocenters. The van der Waals surface area contributed by atoms with Crippen molar-refractivity contribution in [3.63, 3.8) is 0 Å². The highest BCUT2D eigenvalue weighted by Crippen LogP contribution is 2.58. The van der Waals surface area contributed by atoms with Crippen LogP contribution in [0.5, 0.6) is 0 Å². The second-order valence-electron chi connectivity index (χ2n) is 18.6. The number of hydrogen-bond acceptors (Lipinski definition) is 3. The Bertz CT molecular complexity index is 2520. The Labute approximate surface area is 271 Å². The highest BCUT2D eigenvalue weighted by Gasteiger charge is 2.48. The number of nitrogens with zero attached hydrogens (tertiary/aromatic N) is 3. The third-order valence-electron chi connectivity index (χ3n) is 11.9. The van der Waals surface area contributed by atoms with E-state index < -0.39 is 0 Å². The zero-order valence-corrected chi connectivity index (χ0v) is 30.0. The van der Waals surface area contributed by atoms with Crippen LogP contribution in [-0.2, 0) is 27.1 Å². The van der Waals surface area contributed by atoms with E-state index in [1.807, 2.05) is 0 Å². The van der Waals surface area contributed by atoms with Crippen LogP contribution in [0.1, 0.15) is 128 Å². The van der Waals surface area contributed by atoms with E-state index in [2.05, 4.69) is 119 Å². The molecule has 0 saturated heterocycles. The van der Waals surface area contributed by atoms with Gasteiger partial charge in [0, 0.05) is 43.1 Å². The molecule has 2 aliphatic carbocycles. The molecule has 4 heteroatoms. The molecular weight excluding hydrogens is 562 g/mol. The van der Waals surface area contributed by atoms with Gasteiger partial charge in [0.05, 0.1) is 39.3 Å². The maximum Gasteiger partial charge on any atom is 0.136 e. The smallest absolute Gasteiger partial charge is 0.136 e. The third kappa shape index (κ3) is 3.22. The van der Waals surface area contributed by atoms with Gasteiger partial charge in [-0.2, -0.15) is 0 Å². The van der Waals surface area contributed by atoms with E-state index in [1.54, 1.807) is 0 Å². The molecule has 2 aromatic carbocycles. The number of fused-ring (bicyclic) bond motifs is 14. The first-order chi connectivity index (χ1) is 21.2. The zero-order valence-electron chi connectivity index (χ0n) is 30.0. The molecule has 236 valence electrons. The molecule has 0 fully saturated rings. The average Bonchev–Trinajstić information content (AvgIpc) is 3.63. The summed E-state index contributed by atoms with van der Waals surface area (Å²) in [6.45, 7) is 30.5. The van der Waals surface area contributed by atoms with Gasteiger partial charge in [0.2, 0.25) is 0 Å². The standard InChI is InChI=1S/C42H47N3O/c1-20-33-28(31-36(43-20)41(10,11)18-39(31,6)7)24-17-26-27(23-15-14-22(38(3,4)5)16-25(23)46-26)29-30-32-37(42(12,13)19-40(32,8)9)44-21(2)34(30)45(33)35(24)29/h14-17H,18-19H2,1-13H3. The third-order valence-corrected chi connectivity index (χ3v) is 11.9. The monoisotopic (exact) mass is 609 g/mol. The van der Waals surface area contributed by atoms with E-state index in [0.717, 1.165) is 35.4 Å². The molecule has 0 saturated carbocycles. The molecule has 2 aliphatic rings. The summed E-state index contributed by atoms with van der Waals surface area (Å²) in [5.41, 5.74) is 14.6. The molecule has 0 bridgehead atoms. The lowest BCUT2D eigenvalue weighted by atomic mass is 9.81. The summed E-state index contributed by atoms with van der Waals surface area (Å²) < 4.78 is 9.51. The molecule has 0 unspecified atom stereocenters. The van der Waals surface area contributed by atoms with E-state index in [0.29, 0.717) is 0 Å². The first-order valence-electron chi connectivity index (χ1n) is 17.2. The van der Waals surface area contributed by atoms with Gasteiger partial charge in [0.15, 0.2) is 0 Å². The Hall–Kier alpha value is -3.66. The molecule has 0 aliphatic heterocycles. The zero-order chi connectivity index (χ0) is 32.8. The predicted molar refractivity (Wildman–Crippen MR) is 193 cm³/mol. The van der Waals surface area contributed by atoms with Crippen LogP contribution >= 0.6 is 0 Å². The van der Waals surface area contributed by atoms with E-state index in [4.69, 9.17) is 14.4 Å². The molecule has 0 N–H and O–H groups in total. The van der Waals surface area contributed by atoms with Crippen molar-refractivity contribution in [2.45, 2.75) is 130 Å². The van der Waals surface area contributed by atoms with Crippen molar-refractivity contribution in [2.75, 3.05) is 0 Å². The Morgan fingerprint density at radius 1 is 0.609 bits per heavy atom. The Morgan fingerprint density at radius 3 is 1.72 bits per heavy atom. The van der Waals surface area contributed by atoms with Crippen LogP contribution in [0.25, 0.3) is 60.0 Å². The van der Waals surface area contributed by atoms with Gasteiger partial charge in [-0.3, -0.25) is 9.97 Å². The van der Waals surface area contributed by atoms with Gasteiger partial charge < -0.3 is 8.82 Å². The molecule has 5 aromatic heterocycles. The number of aryl methyl sites for hydroxylation is 2. The van der Waals surface area contributed by atoms with Crippen molar-refractivity contribution >= 4 is 60.0 Å². The number of hydrogen-bond donors (Lipinski definition) is 0. The van der Waals surface area contributed by atoms with Crippen LogP contribution in [0, 0.1) is 13.8 Å². The lowest BCUT2D eigenvalue weighted by molar-refractivity contribution is 0.400. The quantitative estimate of drug-likeness (QED) is 0.172. The van der Waals surface area contributed by atoms with E-state index >= 15 is 0 Å². The van der Waals surface area contributed by atoms with Crippen molar-refractivity contribution in [3.8, 4) is 0 Å². The van der Waals surface area contributed by atoms with Gasteiger partial charge in [-0.15, -0.1) is 0 Å². The first kappa shape index (κ1) is 28.6. The maximum atomic E-state index is 6.94. The second-order valence-corrected chi connectivity index (χ2v) is 18.6. The fraction of sp³-hybridized carbons (Fsp3) is 0.476. The minimum atomic E-state index is -0.0164. The van der Waals surface area contributed by atoms with E-state index in [9.17, 15) is 0 Å². The Kier molecular flexibility index (Phi) is 4.90. The molecule has 0 amide bonds. The van der Waals surface area contributed by atoms with Gasteiger partial charge in [-0.1, -0.05) is 88.3 Å². The summed E-state index contributed by atoms with van der Waals surface area (Å²) in [5.74, 6) is 0. The topological polar surface area (TPSA) is 43.3 Å². The fourth-order valence-electron chi connectivity index (χ4n) is 10.7. The molecule has 0 radical (unpaired) electrons. The van der Waals surface area contributed by atoms with Crippen LogP contribution in [0.2, 0.25) is 0 Å². The Balaban J connectivity index is 1.63. The van der Waals surface area contributed by atoms with Crippen LogP contribution in [0.3, 0.4) is 0 Å². The molecular formula is C42H47N3O. The van der Waals surface area contributed by atoms with Gasteiger partial charge >= 0.3 is 0 Å². The van der Waals surface area contributed by atoms with E-state index in [-0.39, 0.29) is 27.1 Å². The molecule has 7 aromatic rings. The van der Waals surface area contributed by atoms with Crippen molar-refractivity contribution in [1.82, 2.24) is 14.4 Å². The SMILES string of the molecule is Cc1nc2c(c3c4cc5oc6cc(C(C)(C)C)ccc6c5c5c6c7c(nc(C)c6n(c13)c45)C(C)(C)CC7(C)C)C(C)(C)CC2(C)C.